The first-order chi connectivity index (χ1) is 23.1. The Labute approximate surface area is 331 Å². The van der Waals surface area contributed by atoms with Gasteiger partial charge in [0, 0.05) is 50.8 Å². The Morgan fingerprint density at radius 2 is 1.58 bits per heavy atom. The number of aliphatic carboxylic acids is 1. The number of carboxylic acids is 1. The van der Waals surface area contributed by atoms with E-state index in [0.717, 1.165) is 66.8 Å². The molecule has 50 heavy (non-hydrogen) atoms. The topological polar surface area (TPSA) is 74.0 Å². The summed E-state index contributed by atoms with van der Waals surface area (Å²) in [5.41, 5.74) is 13.4. The van der Waals surface area contributed by atoms with E-state index >= 15 is 0 Å². The van der Waals surface area contributed by atoms with Crippen LogP contribution in [-0.2, 0) is 32.3 Å². The second kappa shape index (κ2) is 38.1. The Hall–Kier alpha value is -2.15. The van der Waals surface area contributed by atoms with Crippen molar-refractivity contribution in [3.8, 4) is 12.3 Å². The maximum Gasteiger partial charge on any atom is 0.303 e. The van der Waals surface area contributed by atoms with E-state index in [1.165, 1.54) is 42.4 Å². The molecule has 1 aliphatic carbocycles. The van der Waals surface area contributed by atoms with E-state index in [1.54, 1.807) is 6.08 Å². The number of terminal acetylenes is 1. The summed E-state index contributed by atoms with van der Waals surface area (Å²) in [4.78, 5) is 14.6. The number of nitrogens with one attached hydrogen (secondary N) is 1. The number of carbonyl (C=O) groups is 1. The second-order valence-electron chi connectivity index (χ2n) is 11.6. The van der Waals surface area contributed by atoms with E-state index in [-0.39, 0.29) is 41.0 Å². The van der Waals surface area contributed by atoms with Crippen molar-refractivity contribution in [1.82, 2.24) is 4.98 Å². The third kappa shape index (κ3) is 28.5. The van der Waals surface area contributed by atoms with E-state index in [0.29, 0.717) is 5.92 Å². The zero-order valence-electron chi connectivity index (χ0n) is 31.9. The molecule has 0 radical (unpaired) electrons. The summed E-state index contributed by atoms with van der Waals surface area (Å²) in [6.07, 6.45) is 21.8. The van der Waals surface area contributed by atoms with E-state index < -0.39 is 5.97 Å². The zero-order chi connectivity index (χ0) is 36.6. The number of rotatable bonds is 8. The van der Waals surface area contributed by atoms with Gasteiger partial charge >= 0.3 is 5.97 Å². The van der Waals surface area contributed by atoms with E-state index in [1.807, 2.05) is 39.1 Å². The Morgan fingerprint density at radius 3 is 2.04 bits per heavy atom. The van der Waals surface area contributed by atoms with Crippen LogP contribution >= 0.6 is 23.2 Å². The van der Waals surface area contributed by atoms with Gasteiger partial charge in [0.1, 0.15) is 0 Å². The molecule has 7 heteroatoms. The van der Waals surface area contributed by atoms with Gasteiger partial charge in [0.15, 0.2) is 0 Å². The third-order valence-electron chi connectivity index (χ3n) is 7.06. The number of nitrogens with zero attached hydrogens (tertiary/aromatic N) is 1. The van der Waals surface area contributed by atoms with Crippen LogP contribution in [-0.4, -0.2) is 33.9 Å². The number of aromatic nitrogens is 1. The molecule has 4 nitrogen and oxygen atoms in total. The van der Waals surface area contributed by atoms with Gasteiger partial charge in [-0.3, -0.25) is 9.78 Å². The maximum atomic E-state index is 10.2. The number of aryl methyl sites for hydroxylation is 3. The molecule has 0 bridgehead atoms. The van der Waals surface area contributed by atoms with Gasteiger partial charge in [0.05, 0.1) is 5.52 Å². The molecule has 1 aromatic heterocycles. The standard InChI is InChI=1S/C14H11N.C11H14O2.C8H15N.2C3H7Cl.C3H8.CH3.Pt/c1-3-4-6-12-8-9-13-7-5-10-15-14(13)11(12)2;1-9-5-7-10(8-6-9)3-2-4-11(12)13;1-2-7-5-3-4-6-8(7)9;2*1-2-3-4;1-3-2;;/h1,4-10H,2H3;5-8H,2-4H2,1H3,(H,12,13);7-9H,1-6H2;2*2-3H2,1H3;3H2,1-2H3;1H3;/q;;-2;;;;-1;/b6-4-;;;;;;;/t;;7-,8-;;;;;/m..0...../s1. The summed E-state index contributed by atoms with van der Waals surface area (Å²) in [6.45, 7) is 16.3. The minimum absolute atomic E-state index is 0. The summed E-state index contributed by atoms with van der Waals surface area (Å²) in [7, 11) is 0. The molecule has 0 unspecified atom stereocenters. The van der Waals surface area contributed by atoms with Crippen LogP contribution < -0.4 is 0 Å². The number of allylic oxidation sites excluding steroid dienone is 1. The van der Waals surface area contributed by atoms with Crippen LogP contribution in [0.15, 0.2) is 60.8 Å². The predicted molar refractivity (Wildman–Crippen MR) is 221 cm³/mol. The largest absolute Gasteiger partial charge is 0.675 e. The van der Waals surface area contributed by atoms with Gasteiger partial charge < -0.3 is 25.2 Å². The van der Waals surface area contributed by atoms with Crippen molar-refractivity contribution in [2.75, 3.05) is 11.8 Å². The van der Waals surface area contributed by atoms with Crippen molar-refractivity contribution >= 4 is 46.2 Å². The minimum atomic E-state index is -0.716. The van der Waals surface area contributed by atoms with Crippen molar-refractivity contribution in [3.63, 3.8) is 0 Å². The molecular formula is C43H65Cl2N2O2Pt-3. The van der Waals surface area contributed by atoms with Crippen LogP contribution in [0.3, 0.4) is 0 Å². The number of fused-ring (bicyclic) bond motifs is 1. The summed E-state index contributed by atoms with van der Waals surface area (Å²) in [5, 5.41) is 9.60. The van der Waals surface area contributed by atoms with Crippen LogP contribution in [0.4, 0.5) is 0 Å². The Bertz CT molecular complexity index is 1270. The molecule has 0 aliphatic heterocycles. The fourth-order valence-electron chi connectivity index (χ4n) is 4.38. The number of halogens is 2. The zero-order valence-corrected chi connectivity index (χ0v) is 35.6. The Balaban J connectivity index is -0.000000276. The smallest absolute Gasteiger partial charge is 0.303 e. The molecule has 0 spiro atoms. The van der Waals surface area contributed by atoms with E-state index in [9.17, 15) is 4.79 Å². The normalized spacial score (nSPS) is 13.9. The molecule has 1 heterocycles. The van der Waals surface area contributed by atoms with Gasteiger partial charge in [-0.25, -0.2) is 0 Å². The molecule has 3 aromatic rings. The molecule has 2 atom stereocenters. The molecule has 4 rings (SSSR count). The van der Waals surface area contributed by atoms with Gasteiger partial charge in [0.2, 0.25) is 0 Å². The maximum absolute atomic E-state index is 10.2. The molecule has 1 saturated carbocycles. The number of alkyl halides is 2. The third-order valence-corrected chi connectivity index (χ3v) is 7.82. The van der Waals surface area contributed by atoms with Gasteiger partial charge in [-0.1, -0.05) is 120 Å². The number of benzene rings is 2. The van der Waals surface area contributed by atoms with Gasteiger partial charge in [0.25, 0.3) is 0 Å². The van der Waals surface area contributed by atoms with Crippen LogP contribution in [0.1, 0.15) is 114 Å². The van der Waals surface area contributed by atoms with Crippen molar-refractivity contribution in [3.05, 3.63) is 103 Å². The summed E-state index contributed by atoms with van der Waals surface area (Å²) >= 11 is 10.4. The summed E-state index contributed by atoms with van der Waals surface area (Å²) in [5.74, 6) is 3.97. The fourth-order valence-corrected chi connectivity index (χ4v) is 4.38. The Kier molecular flexibility index (Phi) is 41.6. The molecule has 0 amide bonds. The summed E-state index contributed by atoms with van der Waals surface area (Å²) < 4.78 is 0. The average Bonchev–Trinajstić information content (AvgIpc) is 3.10. The molecule has 0 saturated heterocycles. The number of carboxylic acid groups (broad SMARTS) is 1. The number of pyridine rings is 1. The quantitative estimate of drug-likeness (QED) is 0.139. The van der Waals surface area contributed by atoms with Crippen LogP contribution in [0.5, 0.6) is 0 Å². The predicted octanol–water partition coefficient (Wildman–Crippen LogP) is 13.5. The SMILES string of the molecule is C#C/C=C\c1ccc2cccnc2c1C.CCC.CCCCl.CCCCl.Cc1ccc(CCCC(=O)O)cc1.[CH2-]C[C@H]1CCCC[C@@H]1[NH-].[CH3-].[Pt]. The van der Waals surface area contributed by atoms with Gasteiger partial charge in [-0.15, -0.1) is 35.7 Å². The van der Waals surface area contributed by atoms with Crippen molar-refractivity contribution in [2.24, 2.45) is 5.92 Å². The fraction of sp³-hybridized carbons (Fsp3) is 0.488. The molecule has 2 N–H and O–H groups in total. The molecular weight excluding hydrogens is 842 g/mol. The monoisotopic (exact) mass is 906 g/mol. The van der Waals surface area contributed by atoms with Crippen LogP contribution in [0.25, 0.3) is 22.7 Å². The van der Waals surface area contributed by atoms with Crippen molar-refractivity contribution in [1.29, 1.82) is 0 Å². The number of hydrogen-bond acceptors (Lipinski definition) is 2. The summed E-state index contributed by atoms with van der Waals surface area (Å²) in [6, 6.07) is 16.5. The molecule has 1 aliphatic rings. The van der Waals surface area contributed by atoms with E-state index in [2.05, 4.69) is 81.1 Å². The van der Waals surface area contributed by atoms with Crippen LogP contribution in [0, 0.1) is 46.5 Å². The molecule has 1 fully saturated rings. The van der Waals surface area contributed by atoms with Gasteiger partial charge in [-0.2, -0.15) is 6.42 Å². The number of hydrogen-bond donors (Lipinski definition) is 1. The minimum Gasteiger partial charge on any atom is -0.675 e. The first-order valence-electron chi connectivity index (χ1n) is 17.5. The van der Waals surface area contributed by atoms with Crippen molar-refractivity contribution in [2.45, 2.75) is 118 Å². The van der Waals surface area contributed by atoms with Gasteiger partial charge in [-0.05, 0) is 74.4 Å². The molecule has 2 aromatic carbocycles. The van der Waals surface area contributed by atoms with Crippen molar-refractivity contribution < 1.29 is 31.0 Å². The van der Waals surface area contributed by atoms with E-state index in [4.69, 9.17) is 40.5 Å². The Morgan fingerprint density at radius 1 is 1.02 bits per heavy atom. The first-order valence-corrected chi connectivity index (χ1v) is 18.5. The molecule has 286 valence electrons. The second-order valence-corrected chi connectivity index (χ2v) is 12.4. The average molecular weight is 908 g/mol. The van der Waals surface area contributed by atoms with Crippen LogP contribution in [0.2, 0.25) is 0 Å². The first kappa shape index (κ1) is 54.6.